The fourth-order valence-corrected chi connectivity index (χ4v) is 3.04. The molecule has 1 amide bonds. The average molecular weight is 320 g/mol. The number of nitrogens with zero attached hydrogens (tertiary/aromatic N) is 2. The molecule has 0 aliphatic heterocycles. The third-order valence-electron chi connectivity index (χ3n) is 3.42. The second kappa shape index (κ2) is 8.08. The summed E-state index contributed by atoms with van der Waals surface area (Å²) in [7, 11) is 0. The molecule has 2 rings (SSSR count). The van der Waals surface area contributed by atoms with E-state index in [1.807, 2.05) is 0 Å². The zero-order chi connectivity index (χ0) is 15.9. The lowest BCUT2D eigenvalue weighted by atomic mass is 10.1. The number of thiophene rings is 1. The Morgan fingerprint density at radius 3 is 2.86 bits per heavy atom. The molecule has 22 heavy (non-hydrogen) atoms. The van der Waals surface area contributed by atoms with Gasteiger partial charge in [0.15, 0.2) is 0 Å². The molecule has 0 aliphatic carbocycles. The van der Waals surface area contributed by atoms with Crippen molar-refractivity contribution < 1.29 is 4.79 Å². The number of anilines is 1. The van der Waals surface area contributed by atoms with Crippen LogP contribution in [0.25, 0.3) is 10.2 Å². The van der Waals surface area contributed by atoms with Crippen LogP contribution in [0.15, 0.2) is 12.4 Å². The van der Waals surface area contributed by atoms with Gasteiger partial charge in [-0.15, -0.1) is 11.3 Å². The highest BCUT2D eigenvalue weighted by molar-refractivity contribution is 7.18. The van der Waals surface area contributed by atoms with Gasteiger partial charge in [-0.2, -0.15) is 0 Å². The van der Waals surface area contributed by atoms with Gasteiger partial charge in [0.05, 0.1) is 5.39 Å². The Morgan fingerprint density at radius 1 is 1.32 bits per heavy atom. The smallest absolute Gasteiger partial charge is 0.221 e. The summed E-state index contributed by atoms with van der Waals surface area (Å²) in [4.78, 5) is 22.6. The van der Waals surface area contributed by atoms with Crippen molar-refractivity contribution in [2.45, 2.75) is 40.0 Å². The van der Waals surface area contributed by atoms with Crippen molar-refractivity contribution in [1.82, 2.24) is 15.3 Å². The predicted octanol–water partition coefficient (Wildman–Crippen LogP) is 3.22. The second-order valence-corrected chi connectivity index (χ2v) is 6.83. The van der Waals surface area contributed by atoms with Crippen LogP contribution in [0.5, 0.6) is 0 Å². The maximum atomic E-state index is 11.7. The summed E-state index contributed by atoms with van der Waals surface area (Å²) in [5.41, 5.74) is 0. The fraction of sp³-hybridized carbons (Fsp3) is 0.562. The van der Waals surface area contributed by atoms with E-state index in [0.717, 1.165) is 35.4 Å². The molecular weight excluding hydrogens is 296 g/mol. The average Bonchev–Trinajstić information content (AvgIpc) is 2.91. The number of amides is 1. The Bertz CT molecular complexity index is 624. The summed E-state index contributed by atoms with van der Waals surface area (Å²) in [6.07, 6.45) is 4.04. The molecule has 0 saturated carbocycles. The molecule has 0 radical (unpaired) electrons. The van der Waals surface area contributed by atoms with Gasteiger partial charge in [-0.25, -0.2) is 9.97 Å². The fourth-order valence-electron chi connectivity index (χ4n) is 2.10. The molecular formula is C16H24N4OS. The maximum Gasteiger partial charge on any atom is 0.221 e. The minimum atomic E-state index is 0.0815. The molecule has 2 aromatic heterocycles. The summed E-state index contributed by atoms with van der Waals surface area (Å²) in [5, 5.41) is 7.24. The van der Waals surface area contributed by atoms with Gasteiger partial charge in [0.1, 0.15) is 17.0 Å². The van der Waals surface area contributed by atoms with E-state index in [9.17, 15) is 4.79 Å². The van der Waals surface area contributed by atoms with E-state index < -0.39 is 0 Å². The SMILES string of the molecule is CCc1cc2c(NCCC(=O)NCCC(C)C)ncnc2s1. The van der Waals surface area contributed by atoms with Gasteiger partial charge in [-0.1, -0.05) is 20.8 Å². The van der Waals surface area contributed by atoms with Crippen molar-refractivity contribution in [3.63, 3.8) is 0 Å². The highest BCUT2D eigenvalue weighted by Crippen LogP contribution is 2.28. The molecule has 6 heteroatoms. The molecule has 2 heterocycles. The van der Waals surface area contributed by atoms with E-state index in [0.29, 0.717) is 18.9 Å². The Kier molecular flexibility index (Phi) is 6.12. The summed E-state index contributed by atoms with van der Waals surface area (Å²) >= 11 is 1.69. The molecule has 0 fully saturated rings. The van der Waals surface area contributed by atoms with Crippen LogP contribution in [0.3, 0.4) is 0 Å². The Hall–Kier alpha value is -1.69. The first kappa shape index (κ1) is 16.7. The van der Waals surface area contributed by atoms with Crippen molar-refractivity contribution >= 4 is 33.3 Å². The van der Waals surface area contributed by atoms with Crippen LogP contribution in [0, 0.1) is 5.92 Å². The minimum absolute atomic E-state index is 0.0815. The van der Waals surface area contributed by atoms with E-state index in [-0.39, 0.29) is 5.91 Å². The number of hydrogen-bond acceptors (Lipinski definition) is 5. The topological polar surface area (TPSA) is 66.9 Å². The number of fused-ring (bicyclic) bond motifs is 1. The molecule has 0 spiro atoms. The van der Waals surface area contributed by atoms with Gasteiger partial charge < -0.3 is 10.6 Å². The Morgan fingerprint density at radius 2 is 2.14 bits per heavy atom. The molecule has 5 nitrogen and oxygen atoms in total. The second-order valence-electron chi connectivity index (χ2n) is 5.72. The number of rotatable bonds is 8. The summed E-state index contributed by atoms with van der Waals surface area (Å²) in [6, 6.07) is 2.13. The lowest BCUT2D eigenvalue weighted by Crippen LogP contribution is -2.27. The van der Waals surface area contributed by atoms with E-state index in [4.69, 9.17) is 0 Å². The van der Waals surface area contributed by atoms with Gasteiger partial charge in [-0.05, 0) is 24.8 Å². The van der Waals surface area contributed by atoms with Gasteiger partial charge in [0, 0.05) is 24.4 Å². The molecule has 0 unspecified atom stereocenters. The minimum Gasteiger partial charge on any atom is -0.369 e. The van der Waals surface area contributed by atoms with Crippen LogP contribution in [-0.2, 0) is 11.2 Å². The number of nitrogens with one attached hydrogen (secondary N) is 2. The number of hydrogen-bond donors (Lipinski definition) is 2. The first-order valence-corrected chi connectivity index (χ1v) is 8.65. The van der Waals surface area contributed by atoms with Crippen LogP contribution < -0.4 is 10.6 Å². The molecule has 2 aromatic rings. The first-order chi connectivity index (χ1) is 10.6. The molecule has 0 saturated heterocycles. The van der Waals surface area contributed by atoms with Crippen molar-refractivity contribution in [1.29, 1.82) is 0 Å². The van der Waals surface area contributed by atoms with Gasteiger partial charge in [0.25, 0.3) is 0 Å². The molecule has 2 N–H and O–H groups in total. The number of carbonyl (C=O) groups is 1. The van der Waals surface area contributed by atoms with E-state index in [1.54, 1.807) is 17.7 Å². The van der Waals surface area contributed by atoms with Crippen LogP contribution >= 0.6 is 11.3 Å². The standard InChI is InChI=1S/C16H24N4OS/c1-4-12-9-13-15(19-10-20-16(13)22-12)18-8-6-14(21)17-7-5-11(2)3/h9-11H,4-8H2,1-3H3,(H,17,21)(H,18,19,20). The number of aryl methyl sites for hydroxylation is 1. The van der Waals surface area contributed by atoms with Crippen molar-refractivity contribution in [2.75, 3.05) is 18.4 Å². The van der Waals surface area contributed by atoms with E-state index in [1.165, 1.54) is 4.88 Å². The monoisotopic (exact) mass is 320 g/mol. The predicted molar refractivity (Wildman–Crippen MR) is 92.4 cm³/mol. The lowest BCUT2D eigenvalue weighted by Gasteiger charge is -2.08. The maximum absolute atomic E-state index is 11.7. The molecule has 0 aliphatic rings. The molecule has 0 atom stereocenters. The molecule has 0 bridgehead atoms. The third-order valence-corrected chi connectivity index (χ3v) is 4.60. The molecule has 0 aromatic carbocycles. The lowest BCUT2D eigenvalue weighted by molar-refractivity contribution is -0.120. The van der Waals surface area contributed by atoms with Crippen LogP contribution in [-0.4, -0.2) is 29.0 Å². The third kappa shape index (κ3) is 4.66. The number of carbonyl (C=O) groups excluding carboxylic acids is 1. The highest BCUT2D eigenvalue weighted by Gasteiger charge is 2.08. The summed E-state index contributed by atoms with van der Waals surface area (Å²) < 4.78 is 0. The first-order valence-electron chi connectivity index (χ1n) is 7.84. The van der Waals surface area contributed by atoms with Gasteiger partial charge >= 0.3 is 0 Å². The normalized spacial score (nSPS) is 11.1. The summed E-state index contributed by atoms with van der Waals surface area (Å²) in [5.74, 6) is 1.51. The van der Waals surface area contributed by atoms with Crippen LogP contribution in [0.2, 0.25) is 0 Å². The Balaban J connectivity index is 1.84. The van der Waals surface area contributed by atoms with Crippen LogP contribution in [0.4, 0.5) is 5.82 Å². The van der Waals surface area contributed by atoms with Gasteiger partial charge in [-0.3, -0.25) is 4.79 Å². The van der Waals surface area contributed by atoms with Crippen molar-refractivity contribution in [3.05, 3.63) is 17.3 Å². The quantitative estimate of drug-likeness (QED) is 0.784. The van der Waals surface area contributed by atoms with Gasteiger partial charge in [0.2, 0.25) is 5.91 Å². The Labute approximate surface area is 135 Å². The zero-order valence-corrected chi connectivity index (χ0v) is 14.3. The zero-order valence-electron chi connectivity index (χ0n) is 13.5. The highest BCUT2D eigenvalue weighted by atomic mass is 32.1. The molecule has 120 valence electrons. The van der Waals surface area contributed by atoms with Crippen molar-refractivity contribution in [2.24, 2.45) is 5.92 Å². The van der Waals surface area contributed by atoms with Crippen molar-refractivity contribution in [3.8, 4) is 0 Å². The largest absolute Gasteiger partial charge is 0.369 e. The van der Waals surface area contributed by atoms with E-state index >= 15 is 0 Å². The van der Waals surface area contributed by atoms with E-state index in [2.05, 4.69) is 47.4 Å². The summed E-state index contributed by atoms with van der Waals surface area (Å²) in [6.45, 7) is 7.77. The number of aromatic nitrogens is 2. The van der Waals surface area contributed by atoms with Crippen LogP contribution in [0.1, 0.15) is 38.5 Å².